The van der Waals surface area contributed by atoms with Crippen LogP contribution in [0.2, 0.25) is 0 Å². The second-order valence-electron chi connectivity index (χ2n) is 4.83. The largest absolute Gasteiger partial charge is 0.496 e. The van der Waals surface area contributed by atoms with Crippen LogP contribution >= 0.6 is 15.9 Å². The first kappa shape index (κ1) is 16.4. The minimum atomic E-state index is -0.571. The highest BCUT2D eigenvalue weighted by Gasteiger charge is 2.34. The van der Waals surface area contributed by atoms with Crippen molar-refractivity contribution in [3.05, 3.63) is 39.5 Å². The number of amides is 2. The average molecular weight is 369 g/mol. The van der Waals surface area contributed by atoms with Crippen molar-refractivity contribution in [2.75, 3.05) is 21.3 Å². The van der Waals surface area contributed by atoms with Crippen LogP contribution in [0.3, 0.4) is 0 Å². The third kappa shape index (κ3) is 2.81. The molecule has 118 valence electrons. The molecule has 0 aliphatic carbocycles. The highest BCUT2D eigenvalue weighted by Crippen LogP contribution is 2.34. The quantitative estimate of drug-likeness (QED) is 0.832. The fourth-order valence-corrected chi connectivity index (χ4v) is 2.88. The Bertz CT molecular complexity index is 657. The lowest BCUT2D eigenvalue weighted by Gasteiger charge is -2.33. The lowest BCUT2D eigenvalue weighted by molar-refractivity contribution is -0.136. The van der Waals surface area contributed by atoms with Gasteiger partial charge >= 0.3 is 12.0 Å². The summed E-state index contributed by atoms with van der Waals surface area (Å²) in [7, 11) is 4.49. The highest BCUT2D eigenvalue weighted by molar-refractivity contribution is 9.10. The SMILES string of the molecule is COC(=O)C1=C(C)N(C)C(=O)NC1c1ccc(OC)c(Br)c1. The normalized spacial score (nSPS) is 18.1. The minimum absolute atomic E-state index is 0.276. The molecule has 2 rings (SSSR count). The molecule has 1 aromatic carbocycles. The monoisotopic (exact) mass is 368 g/mol. The lowest BCUT2D eigenvalue weighted by atomic mass is 9.95. The van der Waals surface area contributed by atoms with Crippen LogP contribution in [-0.2, 0) is 9.53 Å². The number of halogens is 1. The highest BCUT2D eigenvalue weighted by atomic mass is 79.9. The number of carbonyl (C=O) groups excluding carboxylic acids is 2. The van der Waals surface area contributed by atoms with Crippen molar-refractivity contribution >= 4 is 27.9 Å². The maximum absolute atomic E-state index is 12.1. The van der Waals surface area contributed by atoms with E-state index in [1.807, 2.05) is 6.07 Å². The molecule has 1 atom stereocenters. The van der Waals surface area contributed by atoms with Crippen LogP contribution in [0.15, 0.2) is 33.9 Å². The van der Waals surface area contributed by atoms with E-state index in [1.54, 1.807) is 33.2 Å². The Morgan fingerprint density at radius 2 is 2.05 bits per heavy atom. The number of esters is 1. The van der Waals surface area contributed by atoms with Gasteiger partial charge in [0.2, 0.25) is 0 Å². The molecule has 22 heavy (non-hydrogen) atoms. The van der Waals surface area contributed by atoms with Gasteiger partial charge in [-0.1, -0.05) is 6.07 Å². The van der Waals surface area contributed by atoms with Gasteiger partial charge in [-0.2, -0.15) is 0 Å². The second-order valence-corrected chi connectivity index (χ2v) is 5.68. The van der Waals surface area contributed by atoms with Gasteiger partial charge in [0, 0.05) is 12.7 Å². The van der Waals surface area contributed by atoms with Gasteiger partial charge in [-0.25, -0.2) is 9.59 Å². The molecular weight excluding hydrogens is 352 g/mol. The van der Waals surface area contributed by atoms with E-state index >= 15 is 0 Å². The van der Waals surface area contributed by atoms with Crippen molar-refractivity contribution in [2.24, 2.45) is 0 Å². The van der Waals surface area contributed by atoms with Crippen molar-refractivity contribution in [3.63, 3.8) is 0 Å². The molecule has 0 fully saturated rings. The van der Waals surface area contributed by atoms with E-state index in [4.69, 9.17) is 9.47 Å². The molecule has 1 heterocycles. The van der Waals surface area contributed by atoms with Gasteiger partial charge in [0.25, 0.3) is 0 Å². The smallest absolute Gasteiger partial charge is 0.337 e. The summed E-state index contributed by atoms with van der Waals surface area (Å²) in [6, 6.07) is 4.54. The van der Waals surface area contributed by atoms with E-state index in [2.05, 4.69) is 21.2 Å². The number of allylic oxidation sites excluding steroid dienone is 1. The molecule has 2 amide bonds. The maximum atomic E-state index is 12.1. The van der Waals surface area contributed by atoms with E-state index < -0.39 is 12.0 Å². The standard InChI is InChI=1S/C15H17BrN2O4/c1-8-12(14(19)22-4)13(17-15(20)18(8)2)9-5-6-11(21-3)10(16)7-9/h5-7,13H,1-4H3,(H,17,20). The van der Waals surface area contributed by atoms with Crippen LogP contribution in [-0.4, -0.2) is 38.2 Å². The fraction of sp³-hybridized carbons (Fsp3) is 0.333. The molecule has 0 aromatic heterocycles. The van der Waals surface area contributed by atoms with Crippen molar-refractivity contribution in [1.82, 2.24) is 10.2 Å². The lowest BCUT2D eigenvalue weighted by Crippen LogP contribution is -2.46. The van der Waals surface area contributed by atoms with Crippen molar-refractivity contribution in [1.29, 1.82) is 0 Å². The summed E-state index contributed by atoms with van der Waals surface area (Å²) in [5.74, 6) is 0.199. The second kappa shape index (κ2) is 6.39. The summed E-state index contributed by atoms with van der Waals surface area (Å²) in [5, 5.41) is 2.81. The number of carbonyl (C=O) groups is 2. The van der Waals surface area contributed by atoms with Gasteiger partial charge in [-0.05, 0) is 40.5 Å². The van der Waals surface area contributed by atoms with Crippen LogP contribution in [0.5, 0.6) is 5.75 Å². The van der Waals surface area contributed by atoms with Crippen molar-refractivity contribution in [2.45, 2.75) is 13.0 Å². The van der Waals surface area contributed by atoms with Crippen LogP contribution in [0.1, 0.15) is 18.5 Å². The predicted octanol–water partition coefficient (Wildman–Crippen LogP) is 2.60. The summed E-state index contributed by atoms with van der Waals surface area (Å²) in [6.07, 6.45) is 0. The van der Waals surface area contributed by atoms with E-state index in [9.17, 15) is 9.59 Å². The fourth-order valence-electron chi connectivity index (χ4n) is 2.32. The molecule has 1 N–H and O–H groups in total. The van der Waals surface area contributed by atoms with E-state index in [-0.39, 0.29) is 6.03 Å². The minimum Gasteiger partial charge on any atom is -0.496 e. The third-order valence-corrected chi connectivity index (χ3v) is 4.29. The molecule has 1 aliphatic rings. The Morgan fingerprint density at radius 1 is 1.36 bits per heavy atom. The molecule has 0 spiro atoms. The number of hydrogen-bond acceptors (Lipinski definition) is 4. The molecule has 0 saturated heterocycles. The Labute approximate surface area is 137 Å². The molecule has 1 aliphatic heterocycles. The van der Waals surface area contributed by atoms with E-state index in [1.165, 1.54) is 12.0 Å². The molecule has 0 saturated carbocycles. The average Bonchev–Trinajstić information content (AvgIpc) is 2.51. The predicted molar refractivity (Wildman–Crippen MR) is 84.4 cm³/mol. The zero-order valence-corrected chi connectivity index (χ0v) is 14.4. The Balaban J connectivity index is 2.54. The number of nitrogens with zero attached hydrogens (tertiary/aromatic N) is 1. The zero-order valence-electron chi connectivity index (χ0n) is 12.8. The van der Waals surface area contributed by atoms with Gasteiger partial charge in [0.05, 0.1) is 30.3 Å². The number of rotatable bonds is 3. The van der Waals surface area contributed by atoms with Gasteiger partial charge in [0.1, 0.15) is 5.75 Å². The zero-order chi connectivity index (χ0) is 16.4. The van der Waals surface area contributed by atoms with Crippen LogP contribution in [0.4, 0.5) is 4.79 Å². The molecule has 1 aromatic rings. The van der Waals surface area contributed by atoms with Crippen LogP contribution in [0, 0.1) is 0 Å². The topological polar surface area (TPSA) is 67.9 Å². The summed E-state index contributed by atoms with van der Waals surface area (Å²) in [5.41, 5.74) is 1.73. The van der Waals surface area contributed by atoms with Gasteiger partial charge in [-0.15, -0.1) is 0 Å². The summed E-state index contributed by atoms with van der Waals surface area (Å²) in [4.78, 5) is 25.6. The van der Waals surface area contributed by atoms with E-state index in [0.29, 0.717) is 17.0 Å². The maximum Gasteiger partial charge on any atom is 0.337 e. The molecule has 0 bridgehead atoms. The third-order valence-electron chi connectivity index (χ3n) is 3.67. The van der Waals surface area contributed by atoms with Crippen molar-refractivity contribution < 1.29 is 19.1 Å². The first-order valence-corrected chi connectivity index (χ1v) is 7.36. The first-order valence-electron chi connectivity index (χ1n) is 6.57. The summed E-state index contributed by atoms with van der Waals surface area (Å²) >= 11 is 3.41. The Morgan fingerprint density at radius 3 is 2.59 bits per heavy atom. The molecular formula is C15H17BrN2O4. The van der Waals surface area contributed by atoms with E-state index in [0.717, 1.165) is 10.0 Å². The summed E-state index contributed by atoms with van der Waals surface area (Å²) < 4.78 is 10.8. The number of nitrogens with one attached hydrogen (secondary N) is 1. The molecule has 1 unspecified atom stereocenters. The Hall–Kier alpha value is -2.02. The number of urea groups is 1. The summed E-state index contributed by atoms with van der Waals surface area (Å²) in [6.45, 7) is 1.72. The molecule has 7 heteroatoms. The number of methoxy groups -OCH3 is 2. The molecule has 0 radical (unpaired) electrons. The van der Waals surface area contributed by atoms with Crippen LogP contribution < -0.4 is 10.1 Å². The molecule has 6 nitrogen and oxygen atoms in total. The van der Waals surface area contributed by atoms with Gasteiger partial charge in [0.15, 0.2) is 0 Å². The van der Waals surface area contributed by atoms with Crippen LogP contribution in [0.25, 0.3) is 0 Å². The van der Waals surface area contributed by atoms with Gasteiger partial charge < -0.3 is 19.7 Å². The first-order chi connectivity index (χ1) is 10.4. The number of hydrogen-bond donors (Lipinski definition) is 1. The van der Waals surface area contributed by atoms with Gasteiger partial charge in [-0.3, -0.25) is 0 Å². The number of benzene rings is 1. The Kier molecular flexibility index (Phi) is 4.75. The number of ether oxygens (including phenoxy) is 2. The van der Waals surface area contributed by atoms with Crippen molar-refractivity contribution in [3.8, 4) is 5.75 Å².